The van der Waals surface area contributed by atoms with Crippen molar-refractivity contribution in [3.63, 3.8) is 0 Å². The number of nitrogens with zero attached hydrogens (tertiary/aromatic N) is 1. The molecule has 0 saturated carbocycles. The molecule has 0 aliphatic carbocycles. The lowest BCUT2D eigenvalue weighted by Gasteiger charge is -2.22. The molecule has 1 atom stereocenters. The Balaban J connectivity index is 0. The fraction of sp³-hybridized carbons (Fsp3) is 0.714. The summed E-state index contributed by atoms with van der Waals surface area (Å²) in [4.78, 5) is 2.27. The maximum Gasteiger partial charge on any atom is 0.0270 e. The second kappa shape index (κ2) is 7.70. The molecule has 0 N–H and O–H groups in total. The van der Waals surface area contributed by atoms with Crippen LogP contribution in [0.3, 0.4) is 0 Å². The summed E-state index contributed by atoms with van der Waals surface area (Å²) in [7, 11) is 2.11. The highest BCUT2D eigenvalue weighted by molar-refractivity contribution is 4.98. The van der Waals surface area contributed by atoms with Crippen molar-refractivity contribution in [2.45, 2.75) is 47.6 Å². The molecule has 0 radical (unpaired) electrons. The number of likely N-dealkylation sites (N-methyl/N-ethyl adjacent to an activating group) is 1. The molecular weight excluding hydrogens is 182 g/mol. The van der Waals surface area contributed by atoms with Gasteiger partial charge >= 0.3 is 0 Å². The Kier molecular flexibility index (Phi) is 8.65. The van der Waals surface area contributed by atoms with Gasteiger partial charge in [-0.15, -0.1) is 6.58 Å². The monoisotopic (exact) mass is 211 g/mol. The first kappa shape index (κ1) is 16.9. The van der Waals surface area contributed by atoms with Crippen molar-refractivity contribution in [3.8, 4) is 0 Å². The Hall–Kier alpha value is -0.560. The van der Waals surface area contributed by atoms with E-state index < -0.39 is 0 Å². The normalized spacial score (nSPS) is 12.8. The van der Waals surface area contributed by atoms with E-state index in [1.54, 1.807) is 0 Å². The summed E-state index contributed by atoms with van der Waals surface area (Å²) in [5.41, 5.74) is 1.54. The van der Waals surface area contributed by atoms with Gasteiger partial charge in [0.25, 0.3) is 0 Å². The van der Waals surface area contributed by atoms with Crippen LogP contribution in [0.2, 0.25) is 0 Å². The highest BCUT2D eigenvalue weighted by atomic mass is 15.1. The van der Waals surface area contributed by atoms with Crippen molar-refractivity contribution in [1.29, 1.82) is 0 Å². The Labute approximate surface area is 96.9 Å². The summed E-state index contributed by atoms with van der Waals surface area (Å²) in [6.45, 7) is 21.4. The van der Waals surface area contributed by atoms with E-state index in [9.17, 15) is 0 Å². The highest BCUT2D eigenvalue weighted by Gasteiger charge is 2.05. The zero-order valence-electron chi connectivity index (χ0n) is 11.7. The number of hydrogen-bond acceptors (Lipinski definition) is 1. The third kappa shape index (κ3) is 11.4. The number of rotatable bonds is 3. The highest BCUT2D eigenvalue weighted by Crippen LogP contribution is 2.11. The van der Waals surface area contributed by atoms with Crippen LogP contribution >= 0.6 is 0 Å². The van der Waals surface area contributed by atoms with Crippen LogP contribution in [-0.2, 0) is 0 Å². The number of hydrogen-bond donors (Lipinski definition) is 0. The van der Waals surface area contributed by atoms with E-state index in [1.165, 1.54) is 5.57 Å². The predicted octanol–water partition coefficient (Wildman–Crippen LogP) is 4.12. The van der Waals surface area contributed by atoms with E-state index in [2.05, 4.69) is 66.6 Å². The van der Waals surface area contributed by atoms with Crippen LogP contribution in [0.25, 0.3) is 0 Å². The molecule has 0 aromatic rings. The van der Waals surface area contributed by atoms with Gasteiger partial charge in [0, 0.05) is 6.04 Å². The van der Waals surface area contributed by atoms with Gasteiger partial charge in [-0.05, 0) is 32.9 Å². The minimum absolute atomic E-state index is 0.306. The smallest absolute Gasteiger partial charge is 0.0270 e. The summed E-state index contributed by atoms with van der Waals surface area (Å²) in [5, 5.41) is 0. The molecule has 1 nitrogen and oxygen atoms in total. The standard InChI is InChI=1S/C8H17N.C6H12/c1-6-9(5)8(4)7(2)3;1-5-6(2,3)4/h8H,2,6H2,1,3-5H3;5H,1H2,2-4H3. The van der Waals surface area contributed by atoms with Gasteiger partial charge in [0.15, 0.2) is 0 Å². The van der Waals surface area contributed by atoms with Crippen LogP contribution in [0.5, 0.6) is 0 Å². The summed E-state index contributed by atoms with van der Waals surface area (Å²) in [6.07, 6.45) is 1.94. The van der Waals surface area contributed by atoms with Crippen molar-refractivity contribution in [1.82, 2.24) is 4.90 Å². The third-order valence-corrected chi connectivity index (χ3v) is 2.49. The zero-order valence-corrected chi connectivity index (χ0v) is 11.7. The molecule has 0 fully saturated rings. The van der Waals surface area contributed by atoms with Crippen LogP contribution in [0.1, 0.15) is 41.5 Å². The van der Waals surface area contributed by atoms with Gasteiger partial charge < -0.3 is 4.90 Å². The SMILES string of the molecule is C=C(C)C(C)N(C)CC.C=CC(C)(C)C. The molecule has 0 heterocycles. The molecule has 0 aromatic carbocycles. The molecule has 0 rings (SSSR count). The first-order valence-corrected chi connectivity index (χ1v) is 5.65. The summed E-state index contributed by atoms with van der Waals surface area (Å²) in [6, 6.07) is 0.523. The van der Waals surface area contributed by atoms with Crippen LogP contribution in [-0.4, -0.2) is 24.5 Å². The van der Waals surface area contributed by atoms with Gasteiger partial charge in [0.05, 0.1) is 0 Å². The first-order chi connectivity index (χ1) is 6.65. The molecule has 0 spiro atoms. The topological polar surface area (TPSA) is 3.24 Å². The summed E-state index contributed by atoms with van der Waals surface area (Å²) in [5.74, 6) is 0. The molecule has 0 bridgehead atoms. The van der Waals surface area contributed by atoms with E-state index in [0.29, 0.717) is 11.5 Å². The van der Waals surface area contributed by atoms with Crippen molar-refractivity contribution in [3.05, 3.63) is 24.8 Å². The Bertz CT molecular complexity index is 186. The Morgan fingerprint density at radius 1 is 1.40 bits per heavy atom. The minimum Gasteiger partial charge on any atom is -0.300 e. The van der Waals surface area contributed by atoms with Gasteiger partial charge in [-0.25, -0.2) is 0 Å². The molecular formula is C14H29N. The van der Waals surface area contributed by atoms with E-state index in [0.717, 1.165) is 6.54 Å². The minimum atomic E-state index is 0.306. The van der Waals surface area contributed by atoms with Gasteiger partial charge in [-0.3, -0.25) is 0 Å². The van der Waals surface area contributed by atoms with Gasteiger partial charge in [0.2, 0.25) is 0 Å². The second-order valence-electron chi connectivity index (χ2n) is 5.17. The third-order valence-electron chi connectivity index (χ3n) is 2.49. The molecule has 90 valence electrons. The lowest BCUT2D eigenvalue weighted by Crippen LogP contribution is -2.29. The molecule has 15 heavy (non-hydrogen) atoms. The number of allylic oxidation sites excluding steroid dienone is 1. The van der Waals surface area contributed by atoms with E-state index in [-0.39, 0.29) is 0 Å². The van der Waals surface area contributed by atoms with E-state index in [4.69, 9.17) is 0 Å². The summed E-state index contributed by atoms with van der Waals surface area (Å²) < 4.78 is 0. The van der Waals surface area contributed by atoms with Crippen molar-refractivity contribution in [2.75, 3.05) is 13.6 Å². The van der Waals surface area contributed by atoms with E-state index in [1.807, 2.05) is 6.08 Å². The Morgan fingerprint density at radius 3 is 1.80 bits per heavy atom. The molecule has 0 saturated heterocycles. The van der Waals surface area contributed by atoms with Crippen LogP contribution in [0.4, 0.5) is 0 Å². The maximum absolute atomic E-state index is 3.88. The molecule has 0 amide bonds. The van der Waals surface area contributed by atoms with Crippen LogP contribution in [0, 0.1) is 5.41 Å². The Morgan fingerprint density at radius 2 is 1.73 bits per heavy atom. The van der Waals surface area contributed by atoms with Crippen LogP contribution in [0.15, 0.2) is 24.8 Å². The van der Waals surface area contributed by atoms with Gasteiger partial charge in [0.1, 0.15) is 0 Å². The molecule has 1 heteroatoms. The molecule has 0 aromatic heterocycles. The fourth-order valence-corrected chi connectivity index (χ4v) is 0.650. The molecule has 1 unspecified atom stereocenters. The molecule has 0 aliphatic heterocycles. The lowest BCUT2D eigenvalue weighted by atomic mass is 9.98. The fourth-order valence-electron chi connectivity index (χ4n) is 0.650. The average Bonchev–Trinajstić information content (AvgIpc) is 2.15. The largest absolute Gasteiger partial charge is 0.300 e. The van der Waals surface area contributed by atoms with Crippen LogP contribution < -0.4 is 0 Å². The summed E-state index contributed by atoms with van der Waals surface area (Å²) >= 11 is 0. The molecule has 0 aliphatic rings. The maximum atomic E-state index is 3.88. The van der Waals surface area contributed by atoms with Crippen molar-refractivity contribution in [2.24, 2.45) is 5.41 Å². The van der Waals surface area contributed by atoms with Gasteiger partial charge in [-0.2, -0.15) is 0 Å². The van der Waals surface area contributed by atoms with Crippen molar-refractivity contribution < 1.29 is 0 Å². The quantitative estimate of drug-likeness (QED) is 0.635. The first-order valence-electron chi connectivity index (χ1n) is 5.65. The van der Waals surface area contributed by atoms with E-state index >= 15 is 0 Å². The average molecular weight is 211 g/mol. The lowest BCUT2D eigenvalue weighted by molar-refractivity contribution is 0.303. The zero-order chi connectivity index (χ0) is 12.6. The second-order valence-corrected chi connectivity index (χ2v) is 5.17. The van der Waals surface area contributed by atoms with Gasteiger partial charge in [-0.1, -0.05) is 45.9 Å². The van der Waals surface area contributed by atoms with Crippen molar-refractivity contribution >= 4 is 0 Å². The predicted molar refractivity (Wildman–Crippen MR) is 72.2 cm³/mol.